The molecule has 5 heterocycles. The number of hydrogen-bond acceptors (Lipinski definition) is 11. The van der Waals surface area contributed by atoms with Gasteiger partial charge in [-0.15, -0.1) is 0 Å². The van der Waals surface area contributed by atoms with E-state index in [9.17, 15) is 23.3 Å². The lowest BCUT2D eigenvalue weighted by atomic mass is 9.66. The van der Waals surface area contributed by atoms with Crippen molar-refractivity contribution < 1.29 is 27.6 Å². The number of nitro benzene ring substituents is 1. The number of H-pyrrole nitrogens is 1. The van der Waals surface area contributed by atoms with Crippen molar-refractivity contribution in [2.75, 3.05) is 49.6 Å². The van der Waals surface area contributed by atoms with Crippen molar-refractivity contribution in [3.8, 4) is 11.5 Å². The van der Waals surface area contributed by atoms with E-state index in [2.05, 4.69) is 54.1 Å². The highest BCUT2D eigenvalue weighted by Crippen LogP contribution is 2.50. The van der Waals surface area contributed by atoms with Crippen LogP contribution in [0.2, 0.25) is 0 Å². The number of nitro groups is 1. The Hall–Kier alpha value is -5.51. The van der Waals surface area contributed by atoms with Gasteiger partial charge in [-0.05, 0) is 148 Å². The molecular weight excluding hydrogens is 831 g/mol. The molecule has 0 unspecified atom stereocenters. The predicted molar refractivity (Wildman–Crippen MR) is 246 cm³/mol. The molecule has 14 nitrogen and oxygen atoms in total. The maximum atomic E-state index is 14.0. The number of pyridine rings is 1. The maximum absolute atomic E-state index is 14.0. The van der Waals surface area contributed by atoms with Gasteiger partial charge in [0.2, 0.25) is 0 Å². The molecule has 1 atom stereocenters. The lowest BCUT2D eigenvalue weighted by molar-refractivity contribution is -0.384. The van der Waals surface area contributed by atoms with Crippen LogP contribution in [0, 0.1) is 21.4 Å². The molecule has 336 valence electrons. The molecule has 3 N–H and O–H groups in total. The van der Waals surface area contributed by atoms with Crippen LogP contribution in [0.3, 0.4) is 0 Å². The molecule has 2 saturated carbocycles. The van der Waals surface area contributed by atoms with Gasteiger partial charge in [-0.1, -0.05) is 24.3 Å². The van der Waals surface area contributed by atoms with Gasteiger partial charge >= 0.3 is 0 Å². The third-order valence-electron chi connectivity index (χ3n) is 14.8. The number of ether oxygens (including phenoxy) is 2. The van der Waals surface area contributed by atoms with Gasteiger partial charge in [0.1, 0.15) is 22.8 Å². The van der Waals surface area contributed by atoms with Crippen molar-refractivity contribution in [1.82, 2.24) is 19.6 Å². The van der Waals surface area contributed by atoms with Crippen LogP contribution in [0.1, 0.15) is 110 Å². The summed E-state index contributed by atoms with van der Waals surface area (Å²) in [5.41, 5.74) is 4.85. The number of anilines is 2. The molecule has 5 aromatic rings. The Bertz CT molecular complexity index is 2620. The van der Waals surface area contributed by atoms with Crippen molar-refractivity contribution in [2.45, 2.75) is 99.9 Å². The number of piperidine rings is 1. The second kappa shape index (κ2) is 17.8. The number of aromatic nitrogens is 2. The molecule has 3 aliphatic heterocycles. The first-order valence-corrected chi connectivity index (χ1v) is 24.6. The molecule has 3 saturated heterocycles. The van der Waals surface area contributed by atoms with Crippen molar-refractivity contribution in [3.05, 3.63) is 112 Å². The summed E-state index contributed by atoms with van der Waals surface area (Å²) in [5, 5.41) is 16.0. The number of carbonyl (C=O) groups is 1. The highest BCUT2D eigenvalue weighted by Gasteiger charge is 2.42. The summed E-state index contributed by atoms with van der Waals surface area (Å²) in [7, 11) is -4.54. The van der Waals surface area contributed by atoms with Gasteiger partial charge in [0, 0.05) is 74.3 Å². The van der Waals surface area contributed by atoms with Crippen LogP contribution >= 0.6 is 0 Å². The highest BCUT2D eigenvalue weighted by molar-refractivity contribution is 7.90. The minimum Gasteiger partial charge on any atom is -0.455 e. The topological polar surface area (TPSA) is 172 Å². The fourth-order valence-corrected chi connectivity index (χ4v) is 11.9. The molecule has 15 heteroatoms. The van der Waals surface area contributed by atoms with Crippen LogP contribution in [0.15, 0.2) is 90.1 Å². The molecule has 2 aromatic heterocycles. The van der Waals surface area contributed by atoms with Gasteiger partial charge < -0.3 is 24.7 Å². The highest BCUT2D eigenvalue weighted by atomic mass is 32.2. The zero-order valence-corrected chi connectivity index (χ0v) is 37.0. The van der Waals surface area contributed by atoms with E-state index in [1.807, 2.05) is 12.1 Å². The van der Waals surface area contributed by atoms with Crippen LogP contribution in [-0.2, 0) is 14.8 Å². The normalized spacial score (nSPS) is 21.0. The van der Waals surface area contributed by atoms with Gasteiger partial charge in [0.15, 0.2) is 0 Å². The largest absolute Gasteiger partial charge is 0.455 e. The van der Waals surface area contributed by atoms with Crippen LogP contribution in [0.25, 0.3) is 11.0 Å². The van der Waals surface area contributed by atoms with E-state index in [4.69, 9.17) is 9.47 Å². The zero-order chi connectivity index (χ0) is 43.8. The number of benzene rings is 3. The van der Waals surface area contributed by atoms with E-state index in [1.54, 1.807) is 41.7 Å². The van der Waals surface area contributed by atoms with Gasteiger partial charge in [0.05, 0.1) is 21.6 Å². The number of aromatic amines is 1. The number of carbonyl (C=O) groups excluding carboxylic acids is 1. The lowest BCUT2D eigenvalue weighted by Crippen LogP contribution is -2.45. The average molecular weight is 888 g/mol. The van der Waals surface area contributed by atoms with Gasteiger partial charge in [-0.2, -0.15) is 0 Å². The van der Waals surface area contributed by atoms with Crippen LogP contribution in [0.4, 0.5) is 17.1 Å². The molecule has 1 spiro atoms. The number of hydrogen-bond donors (Lipinski definition) is 3. The number of likely N-dealkylation sites (tertiary alicyclic amines) is 1. The summed E-state index contributed by atoms with van der Waals surface area (Å²) < 4.78 is 41.4. The van der Waals surface area contributed by atoms with Crippen LogP contribution in [0.5, 0.6) is 11.5 Å². The summed E-state index contributed by atoms with van der Waals surface area (Å²) in [5.74, 6) is 0.669. The first kappa shape index (κ1) is 42.4. The van der Waals surface area contributed by atoms with Crippen molar-refractivity contribution in [3.63, 3.8) is 0 Å². The molecule has 64 heavy (non-hydrogen) atoms. The van der Waals surface area contributed by atoms with E-state index < -0.39 is 31.4 Å². The molecule has 5 fully saturated rings. The molecule has 0 radical (unpaired) electrons. The van der Waals surface area contributed by atoms with E-state index in [0.717, 1.165) is 61.8 Å². The lowest BCUT2D eigenvalue weighted by Gasteiger charge is -2.48. The molecular formula is C49H57N7O7S. The third-order valence-corrected chi connectivity index (χ3v) is 16.1. The molecule has 10 rings (SSSR count). The Morgan fingerprint density at radius 3 is 2.45 bits per heavy atom. The van der Waals surface area contributed by atoms with Crippen LogP contribution < -0.4 is 19.7 Å². The minimum atomic E-state index is -4.54. The first-order chi connectivity index (χ1) is 31.1. The number of rotatable bonds is 13. The van der Waals surface area contributed by atoms with Gasteiger partial charge in [0.25, 0.3) is 21.6 Å². The Morgan fingerprint density at radius 2 is 1.69 bits per heavy atom. The Labute approximate surface area is 374 Å². The molecule has 3 aromatic carbocycles. The molecule has 0 bridgehead atoms. The zero-order valence-electron chi connectivity index (χ0n) is 36.2. The fourth-order valence-electron chi connectivity index (χ4n) is 10.9. The molecule has 1 amide bonds. The number of sulfonamides is 1. The smallest absolute Gasteiger partial charge is 0.293 e. The standard InChI is InChI=1S/C49H57N7O7S/c57-48(53-64(60,61)39-10-12-43(45(30-39)56(58)59)51-31-33-16-26-62-27-17-33)42-11-9-37(29-46(42)63-38-28-35-15-22-50-47(35)52-32-38)54-24-20-49(21-25-54)18-13-36(14-19-49)55-23-3-6-44(55)41-5-2-1-4-40(41)34-7-8-34/h1-2,4-5,9-12,15,22,28-30,32-34,36,44,51H,3,6-8,13-14,16-21,23-27,31H2,(H,50,52)(H,53,57)/t44-/m0/s1. The Kier molecular flexibility index (Phi) is 11.8. The number of nitrogens with zero attached hydrogens (tertiary/aromatic N) is 4. The molecule has 5 aliphatic rings. The van der Waals surface area contributed by atoms with Gasteiger partial charge in [-0.3, -0.25) is 19.8 Å². The SMILES string of the molecule is O=C(NS(=O)(=O)c1ccc(NCC2CCOCC2)c([N+](=O)[O-])c1)c1ccc(N2CCC3(CCC(N4CCC[C@H]4c4ccccc4C4CC4)CC3)CC2)cc1Oc1cnc2[nH]ccc2c1. The third kappa shape index (κ3) is 8.94. The summed E-state index contributed by atoms with van der Waals surface area (Å²) >= 11 is 0. The minimum absolute atomic E-state index is 0.00230. The Morgan fingerprint density at radius 1 is 0.906 bits per heavy atom. The van der Waals surface area contributed by atoms with Crippen molar-refractivity contribution in [2.24, 2.45) is 11.3 Å². The number of nitrogens with one attached hydrogen (secondary N) is 3. The predicted octanol–water partition coefficient (Wildman–Crippen LogP) is 9.46. The summed E-state index contributed by atoms with van der Waals surface area (Å²) in [4.78, 5) is 37.8. The summed E-state index contributed by atoms with van der Waals surface area (Å²) in [6.45, 7) is 4.68. The van der Waals surface area contributed by atoms with E-state index in [0.29, 0.717) is 48.7 Å². The number of fused-ring (bicyclic) bond motifs is 1. The average Bonchev–Trinajstić information content (AvgIpc) is 3.85. The Balaban J connectivity index is 0.831. The second-order valence-electron chi connectivity index (χ2n) is 18.7. The van der Waals surface area contributed by atoms with Crippen molar-refractivity contribution in [1.29, 1.82) is 0 Å². The fraction of sp³-hybridized carbons (Fsp3) is 0.469. The second-order valence-corrected chi connectivity index (χ2v) is 20.4. The van der Waals surface area contributed by atoms with E-state index in [-0.39, 0.29) is 22.9 Å². The quantitative estimate of drug-likeness (QED) is 0.0760. The van der Waals surface area contributed by atoms with E-state index in [1.165, 1.54) is 70.0 Å². The first-order valence-electron chi connectivity index (χ1n) is 23.1. The monoisotopic (exact) mass is 887 g/mol. The van der Waals surface area contributed by atoms with E-state index >= 15 is 0 Å². The van der Waals surface area contributed by atoms with Crippen LogP contribution in [-0.4, -0.2) is 79.6 Å². The number of amides is 1. The summed E-state index contributed by atoms with van der Waals surface area (Å²) in [6.07, 6.45) is 17.3. The van der Waals surface area contributed by atoms with Gasteiger partial charge in [-0.25, -0.2) is 18.1 Å². The van der Waals surface area contributed by atoms with Crippen molar-refractivity contribution >= 4 is 44.0 Å². The summed E-state index contributed by atoms with van der Waals surface area (Å²) in [6, 6.07) is 22.9. The molecule has 2 aliphatic carbocycles. The maximum Gasteiger partial charge on any atom is 0.293 e.